The summed E-state index contributed by atoms with van der Waals surface area (Å²) in [6.45, 7) is 11.2. The molecule has 4 rings (SSSR count). The summed E-state index contributed by atoms with van der Waals surface area (Å²) in [5.74, 6) is 2.95. The molecule has 4 nitrogen and oxygen atoms in total. The van der Waals surface area contributed by atoms with Crippen LogP contribution in [-0.4, -0.2) is 48.2 Å². The molecular weight excluding hydrogens is 396 g/mol. The molecule has 9 atom stereocenters. The second-order valence-electron chi connectivity index (χ2n) is 12.2. The molecule has 4 heteroatoms. The SMILES string of the molecule is CC=C(C)C(=O)NC1CCC2(C)C(=CCC3C2CCC2(C)C3CCC2C(C)N(C)C)C1O. The van der Waals surface area contributed by atoms with Crippen molar-refractivity contribution in [1.29, 1.82) is 0 Å². The van der Waals surface area contributed by atoms with Gasteiger partial charge in [-0.2, -0.15) is 0 Å². The summed E-state index contributed by atoms with van der Waals surface area (Å²) in [7, 11) is 4.47. The number of allylic oxidation sites excluding steroid dienone is 2. The number of hydrogen-bond acceptors (Lipinski definition) is 3. The van der Waals surface area contributed by atoms with Gasteiger partial charge in [0.25, 0.3) is 0 Å². The Morgan fingerprint density at radius 3 is 2.56 bits per heavy atom. The van der Waals surface area contributed by atoms with Crippen LogP contribution in [0.4, 0.5) is 0 Å². The van der Waals surface area contributed by atoms with Crippen molar-refractivity contribution in [3.05, 3.63) is 23.3 Å². The Bertz CT molecular complexity index is 801. The lowest BCUT2D eigenvalue weighted by atomic mass is 9.46. The third-order valence-electron chi connectivity index (χ3n) is 10.8. The molecule has 0 saturated heterocycles. The molecule has 4 aliphatic rings. The summed E-state index contributed by atoms with van der Waals surface area (Å²) < 4.78 is 0. The quantitative estimate of drug-likeness (QED) is 0.479. The van der Waals surface area contributed by atoms with Crippen LogP contribution < -0.4 is 5.32 Å². The molecule has 0 heterocycles. The van der Waals surface area contributed by atoms with E-state index in [2.05, 4.69) is 51.2 Å². The molecule has 1 amide bonds. The van der Waals surface area contributed by atoms with E-state index < -0.39 is 6.10 Å². The van der Waals surface area contributed by atoms with Gasteiger partial charge in [-0.3, -0.25) is 4.79 Å². The smallest absolute Gasteiger partial charge is 0.246 e. The lowest BCUT2D eigenvalue weighted by Gasteiger charge is -2.59. The molecule has 0 aliphatic heterocycles. The van der Waals surface area contributed by atoms with Crippen LogP contribution in [0, 0.1) is 34.5 Å². The van der Waals surface area contributed by atoms with Crippen molar-refractivity contribution < 1.29 is 9.90 Å². The molecule has 32 heavy (non-hydrogen) atoms. The fourth-order valence-electron chi connectivity index (χ4n) is 8.49. The molecule has 0 spiro atoms. The second-order valence-corrected chi connectivity index (χ2v) is 12.2. The van der Waals surface area contributed by atoms with Crippen molar-refractivity contribution in [3.63, 3.8) is 0 Å². The Morgan fingerprint density at radius 2 is 1.91 bits per heavy atom. The average Bonchev–Trinajstić information content (AvgIpc) is 3.11. The van der Waals surface area contributed by atoms with Crippen LogP contribution in [0.2, 0.25) is 0 Å². The van der Waals surface area contributed by atoms with Gasteiger partial charge in [-0.1, -0.05) is 26.0 Å². The first kappa shape index (κ1) is 24.0. The van der Waals surface area contributed by atoms with E-state index in [1.54, 1.807) is 0 Å². The van der Waals surface area contributed by atoms with E-state index in [1.165, 1.54) is 31.3 Å². The fraction of sp³-hybridized carbons (Fsp3) is 0.821. The van der Waals surface area contributed by atoms with Crippen molar-refractivity contribution in [2.75, 3.05) is 14.1 Å². The zero-order valence-corrected chi connectivity index (χ0v) is 21.4. The first-order chi connectivity index (χ1) is 15.0. The highest BCUT2D eigenvalue weighted by Crippen LogP contribution is 2.66. The summed E-state index contributed by atoms with van der Waals surface area (Å²) in [6.07, 6.45) is 12.0. The molecule has 0 bridgehead atoms. The van der Waals surface area contributed by atoms with Gasteiger partial charge >= 0.3 is 0 Å². The highest BCUT2D eigenvalue weighted by Gasteiger charge is 2.60. The van der Waals surface area contributed by atoms with Gasteiger partial charge < -0.3 is 15.3 Å². The first-order valence-electron chi connectivity index (χ1n) is 13.0. The van der Waals surface area contributed by atoms with Gasteiger partial charge in [-0.15, -0.1) is 0 Å². The topological polar surface area (TPSA) is 52.6 Å². The van der Waals surface area contributed by atoms with E-state index in [0.717, 1.165) is 42.6 Å². The maximum atomic E-state index is 12.4. The van der Waals surface area contributed by atoms with Crippen molar-refractivity contribution in [2.45, 2.75) is 97.8 Å². The molecule has 0 radical (unpaired) electrons. The molecule has 0 aromatic rings. The monoisotopic (exact) mass is 442 g/mol. The maximum Gasteiger partial charge on any atom is 0.246 e. The molecule has 4 aliphatic carbocycles. The van der Waals surface area contributed by atoms with E-state index in [0.29, 0.717) is 17.4 Å². The Balaban J connectivity index is 1.56. The van der Waals surface area contributed by atoms with Crippen LogP contribution in [0.15, 0.2) is 23.3 Å². The lowest BCUT2D eigenvalue weighted by Crippen LogP contribution is -2.57. The van der Waals surface area contributed by atoms with Crippen molar-refractivity contribution in [3.8, 4) is 0 Å². The van der Waals surface area contributed by atoms with Gasteiger partial charge in [-0.25, -0.2) is 0 Å². The number of amides is 1. The van der Waals surface area contributed by atoms with Crippen LogP contribution in [0.1, 0.15) is 79.6 Å². The Hall–Kier alpha value is -1.13. The predicted octanol–water partition coefficient (Wildman–Crippen LogP) is 4.94. The van der Waals surface area contributed by atoms with Gasteiger partial charge in [0.15, 0.2) is 0 Å². The summed E-state index contributed by atoms with van der Waals surface area (Å²) in [6, 6.07) is 0.465. The number of aliphatic hydroxyl groups excluding tert-OH is 1. The van der Waals surface area contributed by atoms with Crippen LogP contribution in [-0.2, 0) is 4.79 Å². The largest absolute Gasteiger partial charge is 0.387 e. The maximum absolute atomic E-state index is 12.4. The van der Waals surface area contributed by atoms with Gasteiger partial charge in [0.2, 0.25) is 5.91 Å². The van der Waals surface area contributed by atoms with E-state index >= 15 is 0 Å². The summed E-state index contributed by atoms with van der Waals surface area (Å²) in [5, 5.41) is 14.4. The Morgan fingerprint density at radius 1 is 1.19 bits per heavy atom. The van der Waals surface area contributed by atoms with Crippen LogP contribution in [0.25, 0.3) is 0 Å². The zero-order chi connectivity index (χ0) is 23.4. The minimum absolute atomic E-state index is 0.0464. The number of rotatable bonds is 4. The van der Waals surface area contributed by atoms with Gasteiger partial charge in [-0.05, 0) is 120 Å². The van der Waals surface area contributed by atoms with E-state index in [-0.39, 0.29) is 17.4 Å². The Labute approximate surface area is 195 Å². The Kier molecular flexibility index (Phi) is 6.44. The molecule has 0 aromatic heterocycles. The molecular formula is C28H46N2O2. The number of nitrogens with one attached hydrogen (secondary N) is 1. The van der Waals surface area contributed by atoms with Crippen molar-refractivity contribution in [2.24, 2.45) is 34.5 Å². The highest BCUT2D eigenvalue weighted by molar-refractivity contribution is 5.92. The number of carbonyl (C=O) groups is 1. The normalized spacial score (nSPS) is 44.9. The fourth-order valence-corrected chi connectivity index (χ4v) is 8.49. The standard InChI is InChI=1S/C28H46N2O2/c1-8-17(2)26(32)29-24-14-16-28(5)22-13-15-27(4)20(18(3)30(6)7)11-12-21(27)19(22)9-10-23(28)25(24)31/h8,10,18-22,24-25,31H,9,11-16H2,1-7H3,(H,29,32). The first-order valence-corrected chi connectivity index (χ1v) is 13.0. The van der Waals surface area contributed by atoms with E-state index in [9.17, 15) is 9.90 Å². The van der Waals surface area contributed by atoms with E-state index in [4.69, 9.17) is 0 Å². The van der Waals surface area contributed by atoms with Gasteiger partial charge in [0, 0.05) is 11.6 Å². The third-order valence-corrected chi connectivity index (χ3v) is 10.8. The molecule has 0 aromatic carbocycles. The number of carbonyl (C=O) groups excluding carboxylic acids is 1. The summed E-state index contributed by atoms with van der Waals surface area (Å²) >= 11 is 0. The van der Waals surface area contributed by atoms with Crippen LogP contribution >= 0.6 is 0 Å². The summed E-state index contributed by atoms with van der Waals surface area (Å²) in [4.78, 5) is 14.9. The summed E-state index contributed by atoms with van der Waals surface area (Å²) in [5.41, 5.74) is 2.46. The number of aliphatic hydroxyl groups is 1. The minimum atomic E-state index is -0.554. The predicted molar refractivity (Wildman–Crippen MR) is 131 cm³/mol. The lowest BCUT2D eigenvalue weighted by molar-refractivity contribution is -0.119. The zero-order valence-electron chi connectivity index (χ0n) is 21.4. The van der Waals surface area contributed by atoms with Crippen molar-refractivity contribution in [1.82, 2.24) is 10.2 Å². The third kappa shape index (κ3) is 3.60. The van der Waals surface area contributed by atoms with Crippen LogP contribution in [0.3, 0.4) is 0 Å². The number of nitrogens with zero attached hydrogens (tertiary/aromatic N) is 1. The van der Waals surface area contributed by atoms with Crippen molar-refractivity contribution >= 4 is 5.91 Å². The molecule has 3 fully saturated rings. The molecule has 9 unspecified atom stereocenters. The number of hydrogen-bond donors (Lipinski definition) is 2. The number of fused-ring (bicyclic) bond motifs is 5. The molecule has 180 valence electrons. The van der Waals surface area contributed by atoms with Crippen LogP contribution in [0.5, 0.6) is 0 Å². The molecule has 3 saturated carbocycles. The van der Waals surface area contributed by atoms with Gasteiger partial charge in [0.1, 0.15) is 0 Å². The van der Waals surface area contributed by atoms with Gasteiger partial charge in [0.05, 0.1) is 12.1 Å². The average molecular weight is 443 g/mol. The minimum Gasteiger partial charge on any atom is -0.387 e. The second kappa shape index (κ2) is 8.58. The van der Waals surface area contributed by atoms with E-state index in [1.807, 2.05) is 19.9 Å². The highest BCUT2D eigenvalue weighted by atomic mass is 16.3. The molecule has 2 N–H and O–H groups in total.